The van der Waals surface area contributed by atoms with Gasteiger partial charge in [0.25, 0.3) is 5.91 Å². The maximum absolute atomic E-state index is 13.9. The van der Waals surface area contributed by atoms with E-state index in [0.717, 1.165) is 24.1 Å². The summed E-state index contributed by atoms with van der Waals surface area (Å²) in [4.78, 5) is 48.0. The Morgan fingerprint density at radius 2 is 1.56 bits per heavy atom. The lowest BCUT2D eigenvalue weighted by Crippen LogP contribution is -2.63. The fourth-order valence-corrected chi connectivity index (χ4v) is 7.62. The first kappa shape index (κ1) is 38.2. The number of esters is 1. The molecule has 2 unspecified atom stereocenters. The van der Waals surface area contributed by atoms with Gasteiger partial charge >= 0.3 is 12.1 Å². The highest BCUT2D eigenvalue weighted by Gasteiger charge is 2.60. The van der Waals surface area contributed by atoms with E-state index in [1.807, 2.05) is 48.8 Å². The van der Waals surface area contributed by atoms with Crippen molar-refractivity contribution in [2.24, 2.45) is 22.7 Å². The van der Waals surface area contributed by atoms with Gasteiger partial charge in [0.15, 0.2) is 0 Å². The number of halogens is 3. The molecule has 0 N–H and O–H groups in total. The van der Waals surface area contributed by atoms with Crippen LogP contribution >= 0.6 is 0 Å². The normalized spacial score (nSPS) is 20.0. The molecule has 2 aliphatic heterocycles. The minimum Gasteiger partial charge on any atom is -0.456 e. The van der Waals surface area contributed by atoms with Crippen LogP contribution in [0, 0.1) is 22.7 Å². The molecule has 290 valence electrons. The minimum atomic E-state index is -4.42. The van der Waals surface area contributed by atoms with E-state index in [0.29, 0.717) is 67.4 Å². The Hall–Kier alpha value is -5.04. The third-order valence-electron chi connectivity index (χ3n) is 10.9. The van der Waals surface area contributed by atoms with Gasteiger partial charge in [-0.1, -0.05) is 44.2 Å². The second kappa shape index (κ2) is 14.2. The Morgan fingerprint density at radius 1 is 0.891 bits per heavy atom. The standard InChI is InChI=1S/C42H46F3N5O5/c1-39(2,3)55-38(53)29-11-9-27(10-12-29)19-50-20-30(18-46-50)36(51)48-21-32(41(24-48)25-49(26-41)37(52)34-17-40(34,4)5)22-54-23-33-7-6-8-35(47-33)28-13-15-31(16-14-28)42(43,44)45/h6-16,18,20,32,34H,17,19,21-26H2,1-5H3. The van der Waals surface area contributed by atoms with Gasteiger partial charge in [0.1, 0.15) is 5.60 Å². The number of pyridine rings is 1. The Balaban J connectivity index is 0.999. The number of likely N-dealkylation sites (tertiary alicyclic amines) is 2. The zero-order chi connectivity index (χ0) is 39.3. The zero-order valence-corrected chi connectivity index (χ0v) is 31.7. The van der Waals surface area contributed by atoms with Crippen molar-refractivity contribution >= 4 is 17.8 Å². The van der Waals surface area contributed by atoms with Crippen LogP contribution in [0.2, 0.25) is 0 Å². The molecule has 2 amide bonds. The van der Waals surface area contributed by atoms with Gasteiger partial charge in [-0.05, 0) is 74.6 Å². The first-order valence-corrected chi connectivity index (χ1v) is 18.5. The summed E-state index contributed by atoms with van der Waals surface area (Å²) >= 11 is 0. The molecule has 0 bridgehead atoms. The lowest BCUT2D eigenvalue weighted by atomic mass is 9.71. The number of aromatic nitrogens is 3. The number of carbonyl (C=O) groups excluding carboxylic acids is 3. The molecule has 3 fully saturated rings. The number of rotatable bonds is 10. The van der Waals surface area contributed by atoms with Gasteiger partial charge in [0.05, 0.1) is 54.0 Å². The first-order valence-electron chi connectivity index (χ1n) is 18.5. The van der Waals surface area contributed by atoms with Crippen molar-refractivity contribution in [1.29, 1.82) is 0 Å². The van der Waals surface area contributed by atoms with Gasteiger partial charge in [0.2, 0.25) is 5.91 Å². The van der Waals surface area contributed by atoms with E-state index in [9.17, 15) is 27.6 Å². The number of ether oxygens (including phenoxy) is 2. The molecule has 10 nitrogen and oxygen atoms in total. The quantitative estimate of drug-likeness (QED) is 0.159. The zero-order valence-electron chi connectivity index (χ0n) is 31.7. The Kier molecular flexibility index (Phi) is 9.89. The molecule has 1 aliphatic carbocycles. The smallest absolute Gasteiger partial charge is 0.416 e. The van der Waals surface area contributed by atoms with Crippen LogP contribution in [0.25, 0.3) is 11.3 Å². The van der Waals surface area contributed by atoms with E-state index >= 15 is 0 Å². The molecular formula is C42H46F3N5O5. The lowest BCUT2D eigenvalue weighted by molar-refractivity contribution is -0.148. The van der Waals surface area contributed by atoms with Gasteiger partial charge in [-0.3, -0.25) is 19.3 Å². The maximum atomic E-state index is 13.9. The highest BCUT2D eigenvalue weighted by Crippen LogP contribution is 2.54. The molecule has 2 aromatic heterocycles. The largest absolute Gasteiger partial charge is 0.456 e. The van der Waals surface area contributed by atoms with Crippen LogP contribution in [-0.4, -0.2) is 80.7 Å². The minimum absolute atomic E-state index is 0.0161. The Bertz CT molecular complexity index is 2060. The Labute approximate surface area is 318 Å². The fourth-order valence-electron chi connectivity index (χ4n) is 7.62. The predicted molar refractivity (Wildman–Crippen MR) is 198 cm³/mol. The molecule has 4 heterocycles. The van der Waals surface area contributed by atoms with Gasteiger partial charge in [-0.15, -0.1) is 0 Å². The van der Waals surface area contributed by atoms with Crippen molar-refractivity contribution in [3.63, 3.8) is 0 Å². The number of amides is 2. The van der Waals surface area contributed by atoms with E-state index in [1.54, 1.807) is 41.3 Å². The molecule has 7 rings (SSSR count). The topological polar surface area (TPSA) is 107 Å². The molecule has 3 aliphatic rings. The fraction of sp³-hybridized carbons (Fsp3) is 0.452. The van der Waals surface area contributed by atoms with Gasteiger partial charge in [0, 0.05) is 55.2 Å². The van der Waals surface area contributed by atoms with Crippen LogP contribution in [0.4, 0.5) is 13.2 Å². The third-order valence-corrected chi connectivity index (χ3v) is 10.9. The molecule has 1 spiro atoms. The van der Waals surface area contributed by atoms with Crippen LogP contribution in [-0.2, 0) is 33.6 Å². The van der Waals surface area contributed by atoms with Crippen molar-refractivity contribution in [2.75, 3.05) is 32.8 Å². The van der Waals surface area contributed by atoms with E-state index in [-0.39, 0.29) is 41.1 Å². The summed E-state index contributed by atoms with van der Waals surface area (Å²) in [5.74, 6) is -0.376. The predicted octanol–water partition coefficient (Wildman–Crippen LogP) is 7.13. The van der Waals surface area contributed by atoms with Gasteiger partial charge in [-0.2, -0.15) is 18.3 Å². The summed E-state index contributed by atoms with van der Waals surface area (Å²) in [6.07, 6.45) is -0.249. The number of carbonyl (C=O) groups is 3. The summed E-state index contributed by atoms with van der Waals surface area (Å²) in [5, 5.41) is 4.44. The van der Waals surface area contributed by atoms with E-state index < -0.39 is 23.3 Å². The average molecular weight is 758 g/mol. The van der Waals surface area contributed by atoms with E-state index in [1.165, 1.54) is 12.1 Å². The van der Waals surface area contributed by atoms with E-state index in [2.05, 4.69) is 23.9 Å². The highest BCUT2D eigenvalue weighted by atomic mass is 19.4. The number of hydrogen-bond donors (Lipinski definition) is 0. The molecule has 1 saturated carbocycles. The average Bonchev–Trinajstić information content (AvgIpc) is 3.40. The summed E-state index contributed by atoms with van der Waals surface area (Å²) in [5.41, 5.74) is 1.95. The number of hydrogen-bond acceptors (Lipinski definition) is 7. The molecule has 55 heavy (non-hydrogen) atoms. The lowest BCUT2D eigenvalue weighted by Gasteiger charge is -2.51. The first-order chi connectivity index (χ1) is 25.9. The van der Waals surface area contributed by atoms with Crippen molar-refractivity contribution in [2.45, 2.75) is 66.0 Å². The summed E-state index contributed by atoms with van der Waals surface area (Å²) in [6, 6.07) is 17.4. The van der Waals surface area contributed by atoms with Crippen LogP contribution < -0.4 is 0 Å². The second-order valence-corrected chi connectivity index (χ2v) is 16.9. The molecule has 13 heteroatoms. The second-order valence-electron chi connectivity index (χ2n) is 16.9. The molecule has 2 aromatic carbocycles. The molecule has 2 atom stereocenters. The van der Waals surface area contributed by atoms with Crippen molar-refractivity contribution in [1.82, 2.24) is 24.6 Å². The summed E-state index contributed by atoms with van der Waals surface area (Å²) in [6.45, 7) is 12.6. The highest BCUT2D eigenvalue weighted by molar-refractivity contribution is 5.94. The number of alkyl halides is 3. The number of nitrogens with zero attached hydrogens (tertiary/aromatic N) is 5. The molecule has 4 aromatic rings. The maximum Gasteiger partial charge on any atom is 0.416 e. The Morgan fingerprint density at radius 3 is 2.20 bits per heavy atom. The third kappa shape index (κ3) is 8.46. The van der Waals surface area contributed by atoms with Crippen LogP contribution in [0.1, 0.15) is 78.6 Å². The monoisotopic (exact) mass is 757 g/mol. The van der Waals surface area contributed by atoms with Crippen LogP contribution in [0.5, 0.6) is 0 Å². The molecule has 0 radical (unpaired) electrons. The van der Waals surface area contributed by atoms with Crippen molar-refractivity contribution < 1.29 is 37.0 Å². The van der Waals surface area contributed by atoms with Gasteiger partial charge in [-0.25, -0.2) is 4.79 Å². The molecular weight excluding hydrogens is 711 g/mol. The molecule has 2 saturated heterocycles. The van der Waals surface area contributed by atoms with E-state index in [4.69, 9.17) is 9.47 Å². The SMILES string of the molecule is CC(C)(C)OC(=O)c1ccc(Cn2cc(C(=O)N3CC(COCc4cccc(-c5ccc(C(F)(F)F)cc5)n4)C4(C3)CN(C(=O)C3CC3(C)C)C4)cn2)cc1. The van der Waals surface area contributed by atoms with Crippen molar-refractivity contribution in [3.8, 4) is 11.3 Å². The van der Waals surface area contributed by atoms with Crippen molar-refractivity contribution in [3.05, 3.63) is 107 Å². The van der Waals surface area contributed by atoms with Gasteiger partial charge < -0.3 is 19.3 Å². The summed E-state index contributed by atoms with van der Waals surface area (Å²) in [7, 11) is 0. The van der Waals surface area contributed by atoms with Crippen LogP contribution in [0.15, 0.2) is 79.1 Å². The number of benzene rings is 2. The summed E-state index contributed by atoms with van der Waals surface area (Å²) < 4.78 is 52.6. The van der Waals surface area contributed by atoms with Crippen LogP contribution in [0.3, 0.4) is 0 Å².